The fourth-order valence-electron chi connectivity index (χ4n) is 5.67. The van der Waals surface area contributed by atoms with Crippen LogP contribution in [-0.2, 0) is 21.4 Å². The van der Waals surface area contributed by atoms with E-state index in [1.54, 1.807) is 24.6 Å². The second kappa shape index (κ2) is 17.4. The van der Waals surface area contributed by atoms with Crippen LogP contribution in [0.2, 0.25) is 0 Å². The Bertz CT molecular complexity index is 1960. The van der Waals surface area contributed by atoms with Crippen molar-refractivity contribution in [2.75, 3.05) is 29.7 Å². The largest absolute Gasteiger partial charge is 0.399 e. The second-order valence-electron chi connectivity index (χ2n) is 12.7. The maximum absolute atomic E-state index is 14.0. The van der Waals surface area contributed by atoms with E-state index in [0.29, 0.717) is 25.1 Å². The molecule has 4 atom stereocenters. The van der Waals surface area contributed by atoms with Crippen molar-refractivity contribution in [1.29, 1.82) is 0 Å². The van der Waals surface area contributed by atoms with Crippen LogP contribution in [0.15, 0.2) is 82.1 Å². The Kier molecular flexibility index (Phi) is 13.0. The number of nitrogens with zero attached hydrogens (tertiary/aromatic N) is 2. The Hall–Kier alpha value is -4.35. The summed E-state index contributed by atoms with van der Waals surface area (Å²) in [5, 5.41) is 14.1. The van der Waals surface area contributed by atoms with Crippen LogP contribution in [-0.4, -0.2) is 62.8 Å². The monoisotopic (exact) mass is 810 g/mol. The summed E-state index contributed by atoms with van der Waals surface area (Å²) in [6.45, 7) is 6.16. The van der Waals surface area contributed by atoms with Crippen molar-refractivity contribution in [3.8, 4) is 0 Å². The highest BCUT2D eigenvalue weighted by Crippen LogP contribution is 2.25. The average molecular weight is 812 g/mol. The third-order valence-corrected chi connectivity index (χ3v) is 11.4. The molecular weight excluding hydrogens is 768 g/mol. The smallest absolute Gasteiger partial charge is 0.301 e. The van der Waals surface area contributed by atoms with Gasteiger partial charge in [0.05, 0.1) is 35.0 Å². The van der Waals surface area contributed by atoms with Crippen LogP contribution in [0.25, 0.3) is 0 Å². The van der Waals surface area contributed by atoms with Gasteiger partial charge in [0.2, 0.25) is 5.91 Å². The van der Waals surface area contributed by atoms with Gasteiger partial charge in [-0.05, 0) is 80.8 Å². The Morgan fingerprint density at radius 1 is 0.923 bits per heavy atom. The van der Waals surface area contributed by atoms with Gasteiger partial charge in [0.25, 0.3) is 11.8 Å². The quantitative estimate of drug-likeness (QED) is 0.102. The Morgan fingerprint density at radius 3 is 2.15 bits per heavy atom. The molecule has 1 saturated heterocycles. The van der Waals surface area contributed by atoms with E-state index in [1.807, 2.05) is 55.6 Å². The second-order valence-corrected chi connectivity index (χ2v) is 16.0. The molecule has 1 aromatic heterocycles. The van der Waals surface area contributed by atoms with Crippen LogP contribution in [0, 0.1) is 0 Å². The molecule has 276 valence electrons. The molecule has 1 fully saturated rings. The van der Waals surface area contributed by atoms with Gasteiger partial charge in [0, 0.05) is 58.8 Å². The van der Waals surface area contributed by atoms with Crippen LogP contribution in [0.5, 0.6) is 0 Å². The minimum absolute atomic E-state index is 0.103. The number of nitrogens with one attached hydrogen (secondary N) is 5. The van der Waals surface area contributed by atoms with Gasteiger partial charge in [0.15, 0.2) is 0 Å². The first-order chi connectivity index (χ1) is 24.8. The van der Waals surface area contributed by atoms with Crippen molar-refractivity contribution < 1.29 is 22.8 Å². The molecule has 3 aromatic carbocycles. The summed E-state index contributed by atoms with van der Waals surface area (Å²) in [6, 6.07) is 17.5. The van der Waals surface area contributed by atoms with E-state index in [0.717, 1.165) is 21.3 Å². The van der Waals surface area contributed by atoms with Gasteiger partial charge in [-0.1, -0.05) is 40.2 Å². The zero-order valence-corrected chi connectivity index (χ0v) is 32.3. The van der Waals surface area contributed by atoms with Gasteiger partial charge >= 0.3 is 10.2 Å². The summed E-state index contributed by atoms with van der Waals surface area (Å²) in [5.74, 6) is -1.21. The summed E-state index contributed by atoms with van der Waals surface area (Å²) < 4.78 is 30.6. The van der Waals surface area contributed by atoms with E-state index in [-0.39, 0.29) is 47.9 Å². The van der Waals surface area contributed by atoms with Crippen molar-refractivity contribution in [2.24, 2.45) is 0 Å². The lowest BCUT2D eigenvalue weighted by Gasteiger charge is -2.29. The predicted molar refractivity (Wildman–Crippen MR) is 207 cm³/mol. The third kappa shape index (κ3) is 10.4. The highest BCUT2D eigenvalue weighted by molar-refractivity contribution is 9.10. The maximum Gasteiger partial charge on any atom is 0.301 e. The molecule has 4 aromatic rings. The first kappa shape index (κ1) is 38.9. The summed E-state index contributed by atoms with van der Waals surface area (Å²) in [5.41, 5.74) is 11.1. The third-order valence-electron chi connectivity index (χ3n) is 8.69. The van der Waals surface area contributed by atoms with Crippen LogP contribution < -0.4 is 36.0 Å². The Labute approximate surface area is 316 Å². The fraction of sp³-hybridized carbons (Fsp3) is 0.333. The number of carbonyl (C=O) groups excluding carboxylic acids is 3. The van der Waals surface area contributed by atoms with Gasteiger partial charge in [0.1, 0.15) is 0 Å². The van der Waals surface area contributed by atoms with E-state index in [1.165, 1.54) is 33.8 Å². The lowest BCUT2D eigenvalue weighted by Crippen LogP contribution is -2.50. The van der Waals surface area contributed by atoms with Crippen LogP contribution in [0.4, 0.5) is 11.4 Å². The number of amides is 3. The topological polar surface area (TPSA) is 188 Å². The molecule has 0 unspecified atom stereocenters. The number of aromatic nitrogens is 1. The van der Waals surface area contributed by atoms with E-state index >= 15 is 0 Å². The van der Waals surface area contributed by atoms with Gasteiger partial charge in [-0.2, -0.15) is 13.1 Å². The molecule has 1 aliphatic heterocycles. The first-order valence-electron chi connectivity index (χ1n) is 16.8. The summed E-state index contributed by atoms with van der Waals surface area (Å²) in [4.78, 5) is 45.1. The predicted octanol–water partition coefficient (Wildman–Crippen LogP) is 4.22. The molecule has 0 bridgehead atoms. The van der Waals surface area contributed by atoms with Gasteiger partial charge in [-0.25, -0.2) is 4.98 Å². The van der Waals surface area contributed by atoms with Crippen molar-refractivity contribution >= 4 is 66.6 Å². The van der Waals surface area contributed by atoms with Crippen molar-refractivity contribution in [2.45, 2.75) is 57.8 Å². The fourth-order valence-corrected chi connectivity index (χ4v) is 7.82. The molecule has 0 saturated carbocycles. The minimum atomic E-state index is -3.89. The van der Waals surface area contributed by atoms with E-state index in [9.17, 15) is 22.8 Å². The number of hydrogen-bond acceptors (Lipinski definition) is 9. The molecule has 52 heavy (non-hydrogen) atoms. The van der Waals surface area contributed by atoms with Crippen molar-refractivity contribution in [3.05, 3.63) is 110 Å². The molecule has 0 aliphatic carbocycles. The number of nitrogen functional groups attached to an aromatic ring is 1. The number of hydrogen-bond donors (Lipinski definition) is 6. The summed E-state index contributed by atoms with van der Waals surface area (Å²) in [7, 11) is -3.89. The SMILES string of the molecule is C[C@H](NC[C@H](Cc1cscn1)NC(=O)c1cc(C(=O)N[C@H](C)c2ccc(Br)cc2)cc(N2CCCNS2(=O)=O)c1)C(=O)N[C@H](C)c1ccc(N)cc1. The normalized spacial score (nSPS) is 16.3. The molecule has 2 heterocycles. The number of halogens is 1. The minimum Gasteiger partial charge on any atom is -0.399 e. The maximum atomic E-state index is 14.0. The van der Waals surface area contributed by atoms with Crippen molar-refractivity contribution in [3.63, 3.8) is 0 Å². The molecule has 5 rings (SSSR count). The number of rotatable bonds is 14. The van der Waals surface area contributed by atoms with Gasteiger partial charge in [-0.3, -0.25) is 18.7 Å². The summed E-state index contributed by atoms with van der Waals surface area (Å²) in [6.07, 6.45) is 0.907. The summed E-state index contributed by atoms with van der Waals surface area (Å²) >= 11 is 4.85. The van der Waals surface area contributed by atoms with Gasteiger partial charge in [-0.15, -0.1) is 11.3 Å². The molecule has 3 amide bonds. The van der Waals surface area contributed by atoms with E-state index in [2.05, 4.69) is 46.9 Å². The lowest BCUT2D eigenvalue weighted by molar-refractivity contribution is -0.123. The zero-order valence-electron chi connectivity index (χ0n) is 29.1. The molecule has 0 spiro atoms. The average Bonchev–Trinajstić information content (AvgIpc) is 3.63. The molecule has 0 radical (unpaired) electrons. The highest BCUT2D eigenvalue weighted by Gasteiger charge is 2.28. The Morgan fingerprint density at radius 2 is 1.54 bits per heavy atom. The van der Waals surface area contributed by atoms with Crippen LogP contribution in [0.1, 0.15) is 76.8 Å². The lowest BCUT2D eigenvalue weighted by atomic mass is 10.0. The Balaban J connectivity index is 1.35. The molecule has 1 aliphatic rings. The molecule has 7 N–H and O–H groups in total. The zero-order chi connectivity index (χ0) is 37.4. The highest BCUT2D eigenvalue weighted by atomic mass is 79.9. The molecule has 16 heteroatoms. The van der Waals surface area contributed by atoms with E-state index in [4.69, 9.17) is 5.73 Å². The number of benzene rings is 3. The van der Waals surface area contributed by atoms with Crippen LogP contribution in [0.3, 0.4) is 0 Å². The van der Waals surface area contributed by atoms with Crippen LogP contribution >= 0.6 is 27.3 Å². The standard InChI is InChI=1S/C36H43BrN8O5S2/c1-22(26-7-11-30(38)12-8-26)42-34(46)24(3)39-19-31(18-32-20-51-21-40-32)44-36(48)28-15-27(16-33(17-28)45-14-4-13-41-52(45,49)50)35(47)43-23(2)25-5-9-29(37)10-6-25/h5-12,15-17,20-24,31,39,41H,4,13-14,18-19,38H2,1-3H3,(H,42,46)(H,43,47)(H,44,48)/t22-,23-,24+,31+/m1/s1. The van der Waals surface area contributed by atoms with Crippen molar-refractivity contribution in [1.82, 2.24) is 31.0 Å². The number of thiazole rings is 1. The number of nitrogens with two attached hydrogens (primary N) is 1. The molecular formula is C36H43BrN8O5S2. The first-order valence-corrected chi connectivity index (χ1v) is 20.0. The van der Waals surface area contributed by atoms with Gasteiger partial charge < -0.3 is 27.0 Å². The number of carbonyl (C=O) groups is 3. The van der Waals surface area contributed by atoms with E-state index < -0.39 is 34.1 Å². The molecule has 13 nitrogen and oxygen atoms in total. The number of anilines is 2.